The summed E-state index contributed by atoms with van der Waals surface area (Å²) in [6, 6.07) is 11.7. The highest BCUT2D eigenvalue weighted by atomic mass is 32.2. The number of sulfonamides is 1. The number of fused-ring (bicyclic) bond motifs is 1. The number of hydrogen-bond donors (Lipinski definition) is 1. The molecule has 2 unspecified atom stereocenters. The van der Waals surface area contributed by atoms with Crippen molar-refractivity contribution in [1.82, 2.24) is 4.31 Å². The van der Waals surface area contributed by atoms with E-state index in [1.807, 2.05) is 19.9 Å². The molecule has 0 aliphatic carbocycles. The maximum absolute atomic E-state index is 13.2. The Morgan fingerprint density at radius 1 is 1.06 bits per heavy atom. The van der Waals surface area contributed by atoms with E-state index in [1.54, 1.807) is 31.2 Å². The maximum Gasteiger partial charge on any atom is 0.269 e. The van der Waals surface area contributed by atoms with E-state index in [9.17, 15) is 13.2 Å². The van der Waals surface area contributed by atoms with Crippen LogP contribution in [0.2, 0.25) is 0 Å². The van der Waals surface area contributed by atoms with Crippen molar-refractivity contribution in [3.63, 3.8) is 0 Å². The summed E-state index contributed by atoms with van der Waals surface area (Å²) in [4.78, 5) is 13.3. The first-order valence-corrected chi connectivity index (χ1v) is 12.7. The second kappa shape index (κ2) is 9.61. The Labute approximate surface area is 194 Å². The van der Waals surface area contributed by atoms with Gasteiger partial charge in [-0.1, -0.05) is 18.6 Å². The van der Waals surface area contributed by atoms with Crippen LogP contribution in [0.1, 0.15) is 40.0 Å². The summed E-state index contributed by atoms with van der Waals surface area (Å²) in [5, 5.41) is 2.81. The molecule has 0 saturated carbocycles. The summed E-state index contributed by atoms with van der Waals surface area (Å²) < 4.78 is 45.4. The normalized spacial score (nSPS) is 21.0. The van der Waals surface area contributed by atoms with Crippen LogP contribution >= 0.6 is 0 Å². The van der Waals surface area contributed by atoms with Gasteiger partial charge in [0.2, 0.25) is 16.1 Å². The van der Waals surface area contributed by atoms with Gasteiger partial charge in [0.15, 0.2) is 11.5 Å². The Bertz CT molecular complexity index is 1110. The van der Waals surface area contributed by atoms with Gasteiger partial charge in [-0.2, -0.15) is 4.31 Å². The average Bonchev–Trinajstić information content (AvgIpc) is 2.79. The molecule has 1 N–H and O–H groups in total. The van der Waals surface area contributed by atoms with E-state index >= 15 is 0 Å². The number of hydrogen-bond acceptors (Lipinski definition) is 6. The summed E-state index contributed by atoms with van der Waals surface area (Å²) in [6.07, 6.45) is 1.11. The molecule has 2 aromatic rings. The molecule has 1 amide bonds. The molecule has 2 aliphatic rings. The molecule has 2 heterocycles. The van der Waals surface area contributed by atoms with Crippen LogP contribution in [-0.2, 0) is 14.8 Å². The third-order valence-corrected chi connectivity index (χ3v) is 7.52. The van der Waals surface area contributed by atoms with E-state index < -0.39 is 28.1 Å². The first kappa shape index (κ1) is 23.4. The molecule has 0 bridgehead atoms. The topological polar surface area (TPSA) is 94.2 Å². The number of nitrogens with zero attached hydrogens (tertiary/aromatic N) is 1. The summed E-state index contributed by atoms with van der Waals surface area (Å²) in [5.74, 6) is 1.00. The molecule has 0 spiro atoms. The third kappa shape index (κ3) is 5.09. The molecule has 33 heavy (non-hydrogen) atoms. The number of rotatable bonds is 6. The van der Waals surface area contributed by atoms with Crippen molar-refractivity contribution >= 4 is 21.6 Å². The lowest BCUT2D eigenvalue weighted by Crippen LogP contribution is -2.46. The van der Waals surface area contributed by atoms with Crippen LogP contribution in [0.4, 0.5) is 5.69 Å². The Morgan fingerprint density at radius 2 is 1.73 bits per heavy atom. The van der Waals surface area contributed by atoms with E-state index in [0.717, 1.165) is 19.3 Å². The lowest BCUT2D eigenvalue weighted by Gasteiger charge is -2.31. The second-order valence-electron chi connectivity index (χ2n) is 8.59. The van der Waals surface area contributed by atoms with Crippen molar-refractivity contribution in [2.75, 3.05) is 18.4 Å². The number of ether oxygens (including phenoxy) is 3. The predicted molar refractivity (Wildman–Crippen MR) is 124 cm³/mol. The van der Waals surface area contributed by atoms with E-state index in [4.69, 9.17) is 14.2 Å². The van der Waals surface area contributed by atoms with Gasteiger partial charge in [0.05, 0.1) is 16.7 Å². The van der Waals surface area contributed by atoms with Gasteiger partial charge in [-0.05, 0) is 63.9 Å². The molecule has 2 aromatic carbocycles. The van der Waals surface area contributed by atoms with Gasteiger partial charge in [-0.15, -0.1) is 0 Å². The minimum absolute atomic E-state index is 0.120. The van der Waals surface area contributed by atoms with Crippen molar-refractivity contribution in [1.29, 1.82) is 0 Å². The van der Waals surface area contributed by atoms with E-state index in [1.165, 1.54) is 16.4 Å². The third-order valence-electron chi connectivity index (χ3n) is 5.63. The molecule has 178 valence electrons. The lowest BCUT2D eigenvalue weighted by atomic mass is 10.1. The lowest BCUT2D eigenvalue weighted by molar-refractivity contribution is -0.128. The van der Waals surface area contributed by atoms with Gasteiger partial charge in [0.25, 0.3) is 5.91 Å². The highest BCUT2D eigenvalue weighted by Crippen LogP contribution is 2.35. The van der Waals surface area contributed by atoms with Crippen LogP contribution in [0.5, 0.6) is 17.2 Å². The van der Waals surface area contributed by atoms with Crippen LogP contribution < -0.4 is 19.5 Å². The van der Waals surface area contributed by atoms with Crippen LogP contribution in [0.15, 0.2) is 47.4 Å². The minimum Gasteiger partial charge on any atom is -0.489 e. The van der Waals surface area contributed by atoms with Crippen LogP contribution in [0, 0.1) is 0 Å². The van der Waals surface area contributed by atoms with Crippen molar-refractivity contribution in [2.45, 2.75) is 63.2 Å². The fourth-order valence-electron chi connectivity index (χ4n) is 3.99. The number of amides is 1. The van der Waals surface area contributed by atoms with Crippen molar-refractivity contribution in [3.8, 4) is 17.2 Å². The van der Waals surface area contributed by atoms with E-state index in [0.29, 0.717) is 30.3 Å². The van der Waals surface area contributed by atoms with E-state index in [-0.39, 0.29) is 16.7 Å². The predicted octanol–water partition coefficient (Wildman–Crippen LogP) is 3.82. The fourth-order valence-corrected chi connectivity index (χ4v) is 5.53. The highest BCUT2D eigenvalue weighted by Gasteiger charge is 2.35. The molecule has 0 aromatic heterocycles. The fraction of sp³-hybridized carbons (Fsp3) is 0.458. The highest BCUT2D eigenvalue weighted by molar-refractivity contribution is 7.89. The standard InChI is InChI=1S/C24H30N2O6S/c1-16(2)30-20-12-11-18(33(28,29)26-13-7-4-8-14-26)15-19(20)25-24(27)23-17(3)31-21-9-5-6-10-22(21)32-23/h5-6,9-12,15-17,23H,4,7-8,13-14H2,1-3H3,(H,25,27). The molecule has 2 aliphatic heterocycles. The SMILES string of the molecule is CC(C)Oc1ccc(S(=O)(=O)N2CCCCC2)cc1NC(=O)C1Oc2ccccc2OC1C. The van der Waals surface area contributed by atoms with Crippen LogP contribution in [-0.4, -0.2) is 50.0 Å². The summed E-state index contributed by atoms with van der Waals surface area (Å²) >= 11 is 0. The number of nitrogens with one attached hydrogen (secondary N) is 1. The first-order chi connectivity index (χ1) is 15.8. The molecular weight excluding hydrogens is 444 g/mol. The van der Waals surface area contributed by atoms with Gasteiger partial charge >= 0.3 is 0 Å². The zero-order valence-corrected chi connectivity index (χ0v) is 19.9. The second-order valence-corrected chi connectivity index (χ2v) is 10.5. The molecule has 9 heteroatoms. The van der Waals surface area contributed by atoms with Gasteiger partial charge in [0.1, 0.15) is 11.9 Å². The smallest absolute Gasteiger partial charge is 0.269 e. The Morgan fingerprint density at radius 3 is 2.39 bits per heavy atom. The minimum atomic E-state index is -3.67. The number of para-hydroxylation sites is 2. The number of anilines is 1. The van der Waals surface area contributed by atoms with Crippen molar-refractivity contribution < 1.29 is 27.4 Å². The molecule has 1 saturated heterocycles. The van der Waals surface area contributed by atoms with Gasteiger partial charge < -0.3 is 19.5 Å². The summed E-state index contributed by atoms with van der Waals surface area (Å²) in [6.45, 7) is 6.47. The first-order valence-electron chi connectivity index (χ1n) is 11.3. The number of benzene rings is 2. The molecule has 1 fully saturated rings. The Hall–Kier alpha value is -2.78. The molecule has 8 nitrogen and oxygen atoms in total. The number of carbonyl (C=O) groups excluding carboxylic acids is 1. The Balaban J connectivity index is 1.61. The molecular formula is C24H30N2O6S. The van der Waals surface area contributed by atoms with Crippen LogP contribution in [0.3, 0.4) is 0 Å². The van der Waals surface area contributed by atoms with Gasteiger partial charge in [-0.3, -0.25) is 4.79 Å². The van der Waals surface area contributed by atoms with E-state index in [2.05, 4.69) is 5.32 Å². The van der Waals surface area contributed by atoms with Crippen molar-refractivity contribution in [2.24, 2.45) is 0 Å². The zero-order chi connectivity index (χ0) is 23.6. The molecule has 0 radical (unpaired) electrons. The van der Waals surface area contributed by atoms with Crippen molar-refractivity contribution in [3.05, 3.63) is 42.5 Å². The quantitative estimate of drug-likeness (QED) is 0.684. The van der Waals surface area contributed by atoms with Crippen LogP contribution in [0.25, 0.3) is 0 Å². The van der Waals surface area contributed by atoms with Gasteiger partial charge in [-0.25, -0.2) is 8.42 Å². The average molecular weight is 475 g/mol. The summed E-state index contributed by atoms with van der Waals surface area (Å²) in [5.41, 5.74) is 0.279. The number of piperidine rings is 1. The van der Waals surface area contributed by atoms with Gasteiger partial charge in [0, 0.05) is 13.1 Å². The zero-order valence-electron chi connectivity index (χ0n) is 19.1. The monoisotopic (exact) mass is 474 g/mol. The maximum atomic E-state index is 13.2. The molecule has 2 atom stereocenters. The molecule has 4 rings (SSSR count). The Kier molecular flexibility index (Phi) is 6.81. The largest absolute Gasteiger partial charge is 0.489 e. The summed E-state index contributed by atoms with van der Waals surface area (Å²) in [7, 11) is -3.67. The number of carbonyl (C=O) groups is 1.